The molecule has 4 amide bonds. The van der Waals surface area contributed by atoms with Crippen molar-refractivity contribution in [2.24, 2.45) is 0 Å². The molecule has 1 N–H and O–H groups in total. The summed E-state index contributed by atoms with van der Waals surface area (Å²) < 4.78 is 16.3. The van der Waals surface area contributed by atoms with Crippen LogP contribution >= 0.6 is 0 Å². The van der Waals surface area contributed by atoms with Gasteiger partial charge in [0.15, 0.2) is 0 Å². The van der Waals surface area contributed by atoms with Crippen LogP contribution in [0.25, 0.3) is 0 Å². The highest BCUT2D eigenvalue weighted by atomic mass is 16.6. The van der Waals surface area contributed by atoms with Crippen molar-refractivity contribution < 1.29 is 38.2 Å². The minimum Gasteiger partial charge on any atom is -0.489 e. The van der Waals surface area contributed by atoms with Crippen LogP contribution < -0.4 is 10.1 Å². The Morgan fingerprint density at radius 3 is 2.13 bits per heavy atom. The number of rotatable bonds is 12. The Morgan fingerprint density at radius 1 is 0.833 bits per heavy atom. The summed E-state index contributed by atoms with van der Waals surface area (Å²) in [5, 5.41) is 2.96. The van der Waals surface area contributed by atoms with Gasteiger partial charge in [0, 0.05) is 33.5 Å². The molecule has 0 saturated carbocycles. The molecular weight excluding hydrogens is 761 g/mol. The fourth-order valence-corrected chi connectivity index (χ4v) is 7.83. The van der Waals surface area contributed by atoms with E-state index in [1.807, 2.05) is 55.6 Å². The van der Waals surface area contributed by atoms with Crippen LogP contribution in [0.3, 0.4) is 0 Å². The van der Waals surface area contributed by atoms with Gasteiger partial charge in [-0.2, -0.15) is 0 Å². The third-order valence-corrected chi connectivity index (χ3v) is 11.4. The molecule has 4 aromatic carbocycles. The Hall–Kier alpha value is -6.17. The number of hydrogen-bond donors (Lipinski definition) is 1. The van der Waals surface area contributed by atoms with E-state index in [4.69, 9.17) is 14.2 Å². The first-order chi connectivity index (χ1) is 28.6. The maximum absolute atomic E-state index is 15.1. The van der Waals surface area contributed by atoms with Crippen LogP contribution in [0.4, 0.5) is 4.79 Å². The summed E-state index contributed by atoms with van der Waals surface area (Å²) in [6, 6.07) is 27.2. The quantitative estimate of drug-likeness (QED) is 0.154. The van der Waals surface area contributed by atoms with Crippen LogP contribution in [-0.4, -0.2) is 89.4 Å². The fraction of sp³-hybridized carbons (Fsp3) is 0.396. The molecule has 1 aliphatic carbocycles. The van der Waals surface area contributed by atoms with Crippen molar-refractivity contribution in [3.05, 3.63) is 136 Å². The van der Waals surface area contributed by atoms with Gasteiger partial charge in [-0.05, 0) is 105 Å². The number of nitrogens with zero attached hydrogens (tertiary/aromatic N) is 3. The number of benzene rings is 4. The van der Waals surface area contributed by atoms with E-state index in [1.54, 1.807) is 73.9 Å². The monoisotopic (exact) mass is 816 g/mol. The summed E-state index contributed by atoms with van der Waals surface area (Å²) >= 11 is 0. The van der Waals surface area contributed by atoms with Gasteiger partial charge in [0.05, 0.1) is 18.7 Å². The number of esters is 1. The van der Waals surface area contributed by atoms with Gasteiger partial charge in [0.25, 0.3) is 0 Å². The van der Waals surface area contributed by atoms with Crippen LogP contribution in [-0.2, 0) is 56.3 Å². The number of amides is 4. The van der Waals surface area contributed by atoms with Crippen molar-refractivity contribution >= 4 is 29.8 Å². The topological polar surface area (TPSA) is 135 Å². The van der Waals surface area contributed by atoms with Crippen LogP contribution in [0.1, 0.15) is 90.3 Å². The molecule has 0 radical (unpaired) electrons. The second-order valence-electron chi connectivity index (χ2n) is 16.7. The number of likely N-dealkylation sites (N-methyl/N-ethyl adjacent to an activating group) is 2. The Kier molecular flexibility index (Phi) is 13.6. The van der Waals surface area contributed by atoms with E-state index in [0.717, 1.165) is 47.1 Å². The van der Waals surface area contributed by atoms with Gasteiger partial charge in [-0.1, -0.05) is 72.8 Å². The number of carbonyl (C=O) groups excluding carboxylic acids is 5. The van der Waals surface area contributed by atoms with Crippen molar-refractivity contribution in [2.45, 2.75) is 103 Å². The molecule has 6 rings (SSSR count). The summed E-state index contributed by atoms with van der Waals surface area (Å²) in [4.78, 5) is 73.2. The number of nitrogens with one attached hydrogen (secondary N) is 1. The molecule has 0 aromatic heterocycles. The van der Waals surface area contributed by atoms with E-state index < -0.39 is 47.6 Å². The number of ether oxygens (including phenoxy) is 3. The third-order valence-electron chi connectivity index (χ3n) is 11.4. The molecule has 1 heterocycles. The van der Waals surface area contributed by atoms with E-state index >= 15 is 4.79 Å². The third kappa shape index (κ3) is 10.3. The zero-order valence-electron chi connectivity index (χ0n) is 35.6. The van der Waals surface area contributed by atoms with Gasteiger partial charge in [0.2, 0.25) is 17.7 Å². The van der Waals surface area contributed by atoms with Gasteiger partial charge < -0.3 is 29.3 Å². The zero-order chi connectivity index (χ0) is 43.1. The Morgan fingerprint density at radius 2 is 1.47 bits per heavy atom. The van der Waals surface area contributed by atoms with Crippen molar-refractivity contribution in [1.82, 2.24) is 20.0 Å². The second kappa shape index (κ2) is 18.8. The fourth-order valence-electron chi connectivity index (χ4n) is 7.83. The molecule has 3 unspecified atom stereocenters. The molecule has 2 aliphatic rings. The highest BCUT2D eigenvalue weighted by molar-refractivity contribution is 5.94. The smallest absolute Gasteiger partial charge is 0.410 e. The van der Waals surface area contributed by atoms with Crippen molar-refractivity contribution in [3.63, 3.8) is 0 Å². The summed E-state index contributed by atoms with van der Waals surface area (Å²) in [6.07, 6.45) is 2.49. The first-order valence-electron chi connectivity index (χ1n) is 20.5. The summed E-state index contributed by atoms with van der Waals surface area (Å²) in [7, 11) is 4.64. The first-order valence-corrected chi connectivity index (χ1v) is 20.5. The van der Waals surface area contributed by atoms with Crippen LogP contribution in [0.2, 0.25) is 0 Å². The number of carbonyl (C=O) groups is 5. The molecule has 0 bridgehead atoms. The number of hydrogen-bond acceptors (Lipinski definition) is 8. The molecule has 0 fully saturated rings. The summed E-state index contributed by atoms with van der Waals surface area (Å²) in [5.41, 5.74) is 5.57. The molecule has 4 atom stereocenters. The molecule has 1 aliphatic heterocycles. The van der Waals surface area contributed by atoms with Crippen molar-refractivity contribution in [1.29, 1.82) is 0 Å². The van der Waals surface area contributed by atoms with Crippen LogP contribution in [0, 0.1) is 0 Å². The van der Waals surface area contributed by atoms with Crippen LogP contribution in [0.5, 0.6) is 5.75 Å². The Bertz CT molecular complexity index is 2180. The standard InChI is InChI=1S/C48H56N4O8/c1-31(50(5)47(57)60-48(2,3)4)43(53)49-40(27-32-21-25-38(26-22-32)59-30-33-19-23-35(24-20-33)46(56)58-7)44(54)52-29-37-15-9-8-14-36(37)28-42(52)45(55)51(6)41-18-12-16-34-13-10-11-17-39(34)41/h8-11,13-15,17,19-26,31,40-42H,12,16,18,27-30H2,1-7H3,(H,49,53)/t31-,40?,41?,42?/m0/s1. The maximum atomic E-state index is 15.1. The van der Waals surface area contributed by atoms with Gasteiger partial charge in [0.1, 0.15) is 36.1 Å². The van der Waals surface area contributed by atoms with Gasteiger partial charge in [-0.25, -0.2) is 9.59 Å². The molecule has 0 spiro atoms. The van der Waals surface area contributed by atoms with E-state index in [-0.39, 0.29) is 31.5 Å². The molecule has 60 heavy (non-hydrogen) atoms. The summed E-state index contributed by atoms with van der Waals surface area (Å²) in [6.45, 7) is 7.27. The average Bonchev–Trinajstić information content (AvgIpc) is 3.25. The van der Waals surface area contributed by atoms with E-state index in [1.165, 1.54) is 24.6 Å². The highest BCUT2D eigenvalue weighted by Gasteiger charge is 2.41. The number of fused-ring (bicyclic) bond motifs is 2. The molecule has 12 nitrogen and oxygen atoms in total. The Balaban J connectivity index is 1.26. The van der Waals surface area contributed by atoms with Crippen LogP contribution in [0.15, 0.2) is 97.1 Å². The van der Waals surface area contributed by atoms with E-state index in [2.05, 4.69) is 17.4 Å². The lowest BCUT2D eigenvalue weighted by molar-refractivity contribution is -0.149. The van der Waals surface area contributed by atoms with Gasteiger partial charge in [-0.15, -0.1) is 0 Å². The minimum absolute atomic E-state index is 0.105. The average molecular weight is 817 g/mol. The number of aryl methyl sites for hydroxylation is 1. The lowest BCUT2D eigenvalue weighted by Gasteiger charge is -2.42. The lowest BCUT2D eigenvalue weighted by atomic mass is 9.86. The van der Waals surface area contributed by atoms with Crippen molar-refractivity contribution in [3.8, 4) is 5.75 Å². The minimum atomic E-state index is -1.09. The van der Waals surface area contributed by atoms with E-state index in [0.29, 0.717) is 17.7 Å². The highest BCUT2D eigenvalue weighted by Crippen LogP contribution is 2.35. The first kappa shape index (κ1) is 43.4. The molecule has 0 saturated heterocycles. The largest absolute Gasteiger partial charge is 0.489 e. The molecule has 4 aromatic rings. The Labute approximate surface area is 352 Å². The predicted molar refractivity (Wildman–Crippen MR) is 227 cm³/mol. The normalized spacial score (nSPS) is 16.9. The SMILES string of the molecule is COC(=O)c1ccc(COc2ccc(CC(NC(=O)[C@H](C)N(C)C(=O)OC(C)(C)C)C(=O)N3Cc4ccccc4CC3C(=O)N(C)C3CCCc4ccccc43)cc2)cc1. The van der Waals surface area contributed by atoms with E-state index in [9.17, 15) is 19.2 Å². The predicted octanol–water partition coefficient (Wildman–Crippen LogP) is 6.82. The van der Waals surface area contributed by atoms with Gasteiger partial charge in [-0.3, -0.25) is 19.3 Å². The molecule has 12 heteroatoms. The zero-order valence-corrected chi connectivity index (χ0v) is 35.6. The lowest BCUT2D eigenvalue weighted by Crippen LogP contribution is -2.60. The maximum Gasteiger partial charge on any atom is 0.410 e. The number of methoxy groups -OCH3 is 1. The summed E-state index contributed by atoms with van der Waals surface area (Å²) in [5.74, 6) is -0.946. The second-order valence-corrected chi connectivity index (χ2v) is 16.7. The van der Waals surface area contributed by atoms with Gasteiger partial charge >= 0.3 is 12.1 Å². The molecular formula is C48H56N4O8. The van der Waals surface area contributed by atoms with Crippen molar-refractivity contribution in [2.75, 3.05) is 21.2 Å². The molecule has 316 valence electrons.